The van der Waals surface area contributed by atoms with Gasteiger partial charge in [-0.1, -0.05) is 11.8 Å². The number of ether oxygens (including phenoxy) is 2. The Hall–Kier alpha value is -3.26. The lowest BCUT2D eigenvalue weighted by Gasteiger charge is -2.39. The van der Waals surface area contributed by atoms with Gasteiger partial charge in [0.2, 0.25) is 12.7 Å². The third kappa shape index (κ3) is 5.38. The molecular weight excluding hydrogens is 602 g/mol. The number of aromatic nitrogens is 4. The van der Waals surface area contributed by atoms with Crippen LogP contribution in [-0.4, -0.2) is 78.9 Å². The Balaban J connectivity index is 1.09. The number of aromatic amines is 1. The van der Waals surface area contributed by atoms with E-state index in [1.807, 2.05) is 21.6 Å². The molecule has 12 nitrogen and oxygen atoms in total. The molecule has 3 aliphatic heterocycles. The highest BCUT2D eigenvalue weighted by Crippen LogP contribution is 2.42. The van der Waals surface area contributed by atoms with Crippen LogP contribution in [0.5, 0.6) is 11.5 Å². The maximum Gasteiger partial charge on any atom is 0.407 e. The van der Waals surface area contributed by atoms with Gasteiger partial charge in [-0.2, -0.15) is 0 Å². The number of carbonyl (C=O) groups excluding carboxylic acids is 1. The summed E-state index contributed by atoms with van der Waals surface area (Å²) in [6.45, 7) is 2.62. The quantitative estimate of drug-likeness (QED) is 0.369. The van der Waals surface area contributed by atoms with Crippen molar-refractivity contribution < 1.29 is 24.2 Å². The van der Waals surface area contributed by atoms with Crippen LogP contribution in [0.1, 0.15) is 38.5 Å². The van der Waals surface area contributed by atoms with Crippen LogP contribution in [0, 0.1) is 11.3 Å². The number of carbonyl (C=O) groups is 2. The van der Waals surface area contributed by atoms with Crippen molar-refractivity contribution in [3.8, 4) is 11.5 Å². The van der Waals surface area contributed by atoms with E-state index in [-0.39, 0.29) is 18.2 Å². The maximum absolute atomic E-state index is 13.1. The van der Waals surface area contributed by atoms with Gasteiger partial charge in [0.15, 0.2) is 27.8 Å². The minimum absolute atomic E-state index is 0.0532. The van der Waals surface area contributed by atoms with E-state index in [2.05, 4.69) is 25.9 Å². The number of imidazole rings is 1. The van der Waals surface area contributed by atoms with E-state index >= 15 is 0 Å². The number of rotatable bonds is 6. The van der Waals surface area contributed by atoms with Gasteiger partial charge in [0.1, 0.15) is 11.6 Å². The molecule has 0 unspecified atom stereocenters. The molecule has 0 radical (unpaired) electrons. The summed E-state index contributed by atoms with van der Waals surface area (Å²) in [6, 6.07) is 3.23. The average molecular weight is 633 g/mol. The van der Waals surface area contributed by atoms with Crippen LogP contribution in [0.2, 0.25) is 0 Å². The SMILES string of the molecule is N=c1ncn(CCC2CCN(C(=O)[C@@H]3CCCCN3C(=O)O)CC2)c2nc(Sc3cc4c(cc3Br)OCO4)[nH]c12. The molecule has 2 saturated heterocycles. The smallest absolute Gasteiger partial charge is 0.407 e. The Morgan fingerprint density at radius 2 is 1.93 bits per heavy atom. The van der Waals surface area contributed by atoms with Gasteiger partial charge in [-0.25, -0.2) is 14.8 Å². The van der Waals surface area contributed by atoms with Crippen molar-refractivity contribution in [2.45, 2.75) is 61.2 Å². The normalized spacial score (nSPS) is 19.4. The summed E-state index contributed by atoms with van der Waals surface area (Å²) in [7, 11) is 0. The number of hydrogen-bond donors (Lipinski definition) is 3. The molecule has 6 rings (SSSR count). The van der Waals surface area contributed by atoms with Gasteiger partial charge in [0.05, 0.1) is 6.33 Å². The lowest BCUT2D eigenvalue weighted by molar-refractivity contribution is -0.139. The molecule has 3 N–H and O–H groups in total. The van der Waals surface area contributed by atoms with Gasteiger partial charge < -0.3 is 29.0 Å². The molecular formula is C26H30BrN7O5S. The number of amides is 2. The second-order valence-corrected chi connectivity index (χ2v) is 12.2. The predicted octanol–water partition coefficient (Wildman–Crippen LogP) is 4.04. The fourth-order valence-corrected chi connectivity index (χ4v) is 7.03. The Morgan fingerprint density at radius 1 is 1.15 bits per heavy atom. The molecule has 0 bridgehead atoms. The summed E-state index contributed by atoms with van der Waals surface area (Å²) in [6.07, 6.45) is 5.60. The van der Waals surface area contributed by atoms with Crippen molar-refractivity contribution in [3.05, 3.63) is 28.4 Å². The van der Waals surface area contributed by atoms with Gasteiger partial charge in [-0.05, 0) is 72.5 Å². The summed E-state index contributed by atoms with van der Waals surface area (Å²) in [5.74, 6) is 1.76. The number of H-pyrrole nitrogens is 1. The maximum atomic E-state index is 13.1. The number of nitrogens with zero attached hydrogens (tertiary/aromatic N) is 5. The first-order chi connectivity index (χ1) is 19.4. The van der Waals surface area contributed by atoms with E-state index in [1.165, 1.54) is 16.7 Å². The number of hydrogen-bond acceptors (Lipinski definition) is 8. The molecule has 40 heavy (non-hydrogen) atoms. The monoisotopic (exact) mass is 631 g/mol. The number of likely N-dealkylation sites (tertiary alicyclic amines) is 2. The largest absolute Gasteiger partial charge is 0.465 e. The van der Waals surface area contributed by atoms with Crippen LogP contribution in [0.4, 0.5) is 4.79 Å². The number of piperidine rings is 2. The minimum atomic E-state index is -1.01. The van der Waals surface area contributed by atoms with Crippen LogP contribution >= 0.6 is 27.7 Å². The molecule has 3 aliphatic rings. The number of halogens is 1. The highest BCUT2D eigenvalue weighted by atomic mass is 79.9. The van der Waals surface area contributed by atoms with Gasteiger partial charge in [-0.15, -0.1) is 0 Å². The molecule has 2 fully saturated rings. The van der Waals surface area contributed by atoms with E-state index in [1.54, 1.807) is 6.33 Å². The summed E-state index contributed by atoms with van der Waals surface area (Å²) in [4.78, 5) is 41.1. The Bertz CT molecular complexity index is 1500. The second-order valence-electron chi connectivity index (χ2n) is 10.3. The predicted molar refractivity (Wildman–Crippen MR) is 148 cm³/mol. The van der Waals surface area contributed by atoms with E-state index in [4.69, 9.17) is 19.9 Å². The third-order valence-corrected chi connectivity index (χ3v) is 9.73. The van der Waals surface area contributed by atoms with Crippen molar-refractivity contribution >= 4 is 50.9 Å². The summed E-state index contributed by atoms with van der Waals surface area (Å²) >= 11 is 5.02. The third-order valence-electron chi connectivity index (χ3n) is 7.87. The zero-order valence-electron chi connectivity index (χ0n) is 21.8. The van der Waals surface area contributed by atoms with Crippen LogP contribution in [-0.2, 0) is 11.3 Å². The topological polar surface area (TPSA) is 150 Å². The molecule has 1 atom stereocenters. The fraction of sp³-hybridized carbons (Fsp3) is 0.500. The van der Waals surface area contributed by atoms with Crippen LogP contribution in [0.3, 0.4) is 0 Å². The molecule has 2 aromatic heterocycles. The molecule has 0 saturated carbocycles. The van der Waals surface area contributed by atoms with E-state index in [0.29, 0.717) is 66.3 Å². The zero-order chi connectivity index (χ0) is 27.8. The summed E-state index contributed by atoms with van der Waals surface area (Å²) in [5, 5.41) is 18.4. The highest BCUT2D eigenvalue weighted by molar-refractivity contribution is 9.10. The van der Waals surface area contributed by atoms with Gasteiger partial charge in [0, 0.05) is 35.5 Å². The van der Waals surface area contributed by atoms with E-state index < -0.39 is 12.1 Å². The first kappa shape index (κ1) is 26.9. The second kappa shape index (κ2) is 11.3. The van der Waals surface area contributed by atoms with E-state index in [0.717, 1.165) is 41.5 Å². The minimum Gasteiger partial charge on any atom is -0.465 e. The number of aryl methyl sites for hydroxylation is 1. The number of nitrogens with one attached hydrogen (secondary N) is 2. The summed E-state index contributed by atoms with van der Waals surface area (Å²) in [5.41, 5.74) is 1.40. The Morgan fingerprint density at radius 3 is 2.70 bits per heavy atom. The average Bonchev–Trinajstić information content (AvgIpc) is 3.60. The fourth-order valence-electron chi connectivity index (χ4n) is 5.65. The lowest BCUT2D eigenvalue weighted by atomic mass is 9.92. The molecule has 0 aliphatic carbocycles. The van der Waals surface area contributed by atoms with Gasteiger partial charge in [0.25, 0.3) is 0 Å². The van der Waals surface area contributed by atoms with Crippen molar-refractivity contribution in [2.75, 3.05) is 26.4 Å². The molecule has 0 spiro atoms. The standard InChI is InChI=1S/C26H30BrN7O5S/c27-16-11-18-19(39-14-38-18)12-20(16)40-25-30-21-22(28)29-13-33(23(21)31-25)10-6-15-4-8-32(9-5-15)24(35)17-3-1-2-7-34(17)26(36)37/h11-13,15,17,28H,1-10,14H2,(H,30,31)(H,36,37)/t17-/m0/s1. The van der Waals surface area contributed by atoms with Crippen LogP contribution in [0.15, 0.2) is 33.0 Å². The van der Waals surface area contributed by atoms with Crippen LogP contribution in [0.25, 0.3) is 11.2 Å². The molecule has 212 valence electrons. The lowest BCUT2D eigenvalue weighted by Crippen LogP contribution is -2.54. The Labute approximate surface area is 242 Å². The van der Waals surface area contributed by atoms with Crippen molar-refractivity contribution in [3.63, 3.8) is 0 Å². The first-order valence-electron chi connectivity index (χ1n) is 13.4. The molecule has 2 amide bonds. The number of fused-ring (bicyclic) bond motifs is 2. The van der Waals surface area contributed by atoms with Crippen molar-refractivity contribution in [2.24, 2.45) is 5.92 Å². The Kier molecular flexibility index (Phi) is 7.62. The van der Waals surface area contributed by atoms with Gasteiger partial charge >= 0.3 is 6.09 Å². The molecule has 5 heterocycles. The van der Waals surface area contributed by atoms with Crippen molar-refractivity contribution in [1.29, 1.82) is 5.41 Å². The number of benzene rings is 1. The van der Waals surface area contributed by atoms with Gasteiger partial charge in [-0.3, -0.25) is 15.1 Å². The first-order valence-corrected chi connectivity index (χ1v) is 15.0. The van der Waals surface area contributed by atoms with Crippen molar-refractivity contribution in [1.82, 2.24) is 29.3 Å². The summed E-state index contributed by atoms with van der Waals surface area (Å²) < 4.78 is 13.8. The zero-order valence-corrected chi connectivity index (χ0v) is 24.2. The molecule has 3 aromatic rings. The highest BCUT2D eigenvalue weighted by Gasteiger charge is 2.36. The molecule has 14 heteroatoms. The number of carboxylic acid groups (broad SMARTS) is 1. The van der Waals surface area contributed by atoms with Crippen LogP contribution < -0.4 is 15.0 Å². The van der Waals surface area contributed by atoms with E-state index in [9.17, 15) is 14.7 Å². The molecule has 1 aromatic carbocycles.